The van der Waals surface area contributed by atoms with E-state index in [4.69, 9.17) is 17.0 Å². The Morgan fingerprint density at radius 1 is 1.16 bits per heavy atom. The molecule has 1 heterocycles. The van der Waals surface area contributed by atoms with Gasteiger partial charge in [-0.05, 0) is 30.8 Å². The second kappa shape index (κ2) is 7.65. The van der Waals surface area contributed by atoms with Gasteiger partial charge in [-0.15, -0.1) is 11.3 Å². The molecular weight excluding hydrogens is 274 g/mol. The Morgan fingerprint density at radius 3 is 2.79 bits per heavy atom. The highest BCUT2D eigenvalue weighted by Gasteiger charge is 2.00. The third-order valence-electron chi connectivity index (χ3n) is 3.16. The van der Waals surface area contributed by atoms with E-state index < -0.39 is 0 Å². The van der Waals surface area contributed by atoms with Gasteiger partial charge in [0.05, 0.1) is 16.8 Å². The van der Waals surface area contributed by atoms with Crippen LogP contribution in [-0.2, 0) is 0 Å². The largest absolute Gasteiger partial charge is 0.494 e. The van der Waals surface area contributed by atoms with Gasteiger partial charge in [0.25, 0.3) is 0 Å². The van der Waals surface area contributed by atoms with Crippen molar-refractivity contribution in [2.75, 3.05) is 6.61 Å². The van der Waals surface area contributed by atoms with Crippen molar-refractivity contribution in [1.82, 2.24) is 4.98 Å². The molecule has 0 spiro atoms. The van der Waals surface area contributed by atoms with Crippen molar-refractivity contribution in [2.24, 2.45) is 0 Å². The lowest BCUT2D eigenvalue weighted by atomic mass is 10.1. The molecule has 0 unspecified atom stereocenters. The van der Waals surface area contributed by atoms with Gasteiger partial charge < -0.3 is 9.72 Å². The van der Waals surface area contributed by atoms with Gasteiger partial charge in [-0.1, -0.05) is 39.0 Å². The lowest BCUT2D eigenvalue weighted by Gasteiger charge is -2.06. The summed E-state index contributed by atoms with van der Waals surface area (Å²) in [6.07, 6.45) is 7.75. The van der Waals surface area contributed by atoms with Crippen LogP contribution >= 0.6 is 23.6 Å². The first-order valence-corrected chi connectivity index (χ1v) is 8.28. The summed E-state index contributed by atoms with van der Waals surface area (Å²) in [5, 5.41) is 0. The number of H-pyrrole nitrogens is 1. The molecule has 2 rings (SSSR count). The third kappa shape index (κ3) is 4.62. The summed E-state index contributed by atoms with van der Waals surface area (Å²) in [4.78, 5) is 3.18. The molecule has 0 atom stereocenters. The Labute approximate surface area is 123 Å². The predicted octanol–water partition coefficient (Wildman–Crippen LogP) is 5.70. The summed E-state index contributed by atoms with van der Waals surface area (Å²) in [5.74, 6) is 0.935. The maximum atomic E-state index is 5.78. The minimum absolute atomic E-state index is 0.808. The first-order chi connectivity index (χ1) is 9.29. The van der Waals surface area contributed by atoms with Crippen molar-refractivity contribution in [2.45, 2.75) is 45.4 Å². The van der Waals surface area contributed by atoms with Crippen molar-refractivity contribution < 1.29 is 4.74 Å². The molecule has 1 aromatic heterocycles. The number of unbranched alkanes of at least 4 members (excludes halogenated alkanes) is 5. The third-order valence-corrected chi connectivity index (χ3v) is 4.37. The van der Waals surface area contributed by atoms with Gasteiger partial charge >= 0.3 is 0 Å². The van der Waals surface area contributed by atoms with Gasteiger partial charge in [0, 0.05) is 6.07 Å². The van der Waals surface area contributed by atoms with Gasteiger partial charge in [0.1, 0.15) is 5.75 Å². The highest BCUT2D eigenvalue weighted by Crippen LogP contribution is 2.24. The van der Waals surface area contributed by atoms with Crippen LogP contribution in [0.15, 0.2) is 18.2 Å². The zero-order valence-corrected chi connectivity index (χ0v) is 13.0. The molecule has 0 bridgehead atoms. The molecule has 0 amide bonds. The Balaban J connectivity index is 1.74. The molecule has 0 fully saturated rings. The monoisotopic (exact) mass is 295 g/mol. The maximum Gasteiger partial charge on any atom is 0.159 e. The zero-order chi connectivity index (χ0) is 13.5. The number of hydrogen-bond acceptors (Lipinski definition) is 3. The van der Waals surface area contributed by atoms with E-state index >= 15 is 0 Å². The minimum Gasteiger partial charge on any atom is -0.494 e. The Hall–Kier alpha value is -0.870. The van der Waals surface area contributed by atoms with Crippen molar-refractivity contribution in [3.8, 4) is 5.75 Å². The van der Waals surface area contributed by atoms with E-state index in [0.717, 1.165) is 28.2 Å². The number of hydrogen-bond donors (Lipinski definition) is 1. The number of rotatable bonds is 8. The fourth-order valence-corrected chi connectivity index (χ4v) is 3.19. The average molecular weight is 295 g/mol. The SMILES string of the molecule is CCCCCCCCOc1ccc2sc(=S)[nH]c2c1. The smallest absolute Gasteiger partial charge is 0.159 e. The number of thiazole rings is 1. The molecule has 0 aliphatic rings. The second-order valence-corrected chi connectivity index (χ2v) is 6.51. The first kappa shape index (κ1) is 14.5. The van der Waals surface area contributed by atoms with Gasteiger partial charge in [-0.2, -0.15) is 0 Å². The normalized spacial score (nSPS) is 11.0. The molecule has 0 aliphatic heterocycles. The number of aromatic amines is 1. The van der Waals surface area contributed by atoms with Crippen LogP contribution in [0.25, 0.3) is 10.2 Å². The summed E-state index contributed by atoms with van der Waals surface area (Å²) in [5.41, 5.74) is 1.08. The molecule has 19 heavy (non-hydrogen) atoms. The van der Waals surface area contributed by atoms with Crippen molar-refractivity contribution >= 4 is 33.8 Å². The Morgan fingerprint density at radius 2 is 1.95 bits per heavy atom. The highest BCUT2D eigenvalue weighted by molar-refractivity contribution is 7.73. The van der Waals surface area contributed by atoms with E-state index in [1.165, 1.54) is 36.8 Å². The van der Waals surface area contributed by atoms with Gasteiger partial charge in [0.15, 0.2) is 3.95 Å². The number of benzene rings is 1. The van der Waals surface area contributed by atoms with Crippen LogP contribution in [0.1, 0.15) is 45.4 Å². The van der Waals surface area contributed by atoms with E-state index in [9.17, 15) is 0 Å². The molecule has 0 saturated heterocycles. The molecule has 104 valence electrons. The zero-order valence-electron chi connectivity index (χ0n) is 11.4. The first-order valence-electron chi connectivity index (χ1n) is 7.05. The van der Waals surface area contributed by atoms with Crippen LogP contribution < -0.4 is 4.74 Å². The molecule has 2 aromatic rings. The highest BCUT2D eigenvalue weighted by atomic mass is 32.1. The van der Waals surface area contributed by atoms with Crippen LogP contribution in [-0.4, -0.2) is 11.6 Å². The van der Waals surface area contributed by atoms with E-state index in [0.29, 0.717) is 0 Å². The summed E-state index contributed by atoms with van der Waals surface area (Å²) < 4.78 is 7.79. The van der Waals surface area contributed by atoms with Crippen molar-refractivity contribution in [3.63, 3.8) is 0 Å². The summed E-state index contributed by atoms with van der Waals surface area (Å²) in [6, 6.07) is 6.14. The Bertz CT molecular complexity index is 559. The number of nitrogens with one attached hydrogen (secondary N) is 1. The van der Waals surface area contributed by atoms with Crippen LogP contribution in [0.2, 0.25) is 0 Å². The minimum atomic E-state index is 0.808. The van der Waals surface area contributed by atoms with Crippen LogP contribution in [0.4, 0.5) is 0 Å². The fraction of sp³-hybridized carbons (Fsp3) is 0.533. The van der Waals surface area contributed by atoms with E-state index in [-0.39, 0.29) is 0 Å². The maximum absolute atomic E-state index is 5.78. The van der Waals surface area contributed by atoms with Crippen LogP contribution in [0.5, 0.6) is 5.75 Å². The van der Waals surface area contributed by atoms with E-state index in [2.05, 4.69) is 18.0 Å². The van der Waals surface area contributed by atoms with Gasteiger partial charge in [0.2, 0.25) is 0 Å². The number of fused-ring (bicyclic) bond motifs is 1. The number of ether oxygens (including phenoxy) is 1. The lowest BCUT2D eigenvalue weighted by Crippen LogP contribution is -1.97. The Kier molecular flexibility index (Phi) is 5.86. The molecule has 1 aromatic carbocycles. The average Bonchev–Trinajstić information content (AvgIpc) is 2.77. The molecule has 0 radical (unpaired) electrons. The molecular formula is C15H21NOS2. The molecule has 0 saturated carbocycles. The van der Waals surface area contributed by atoms with E-state index in [1.54, 1.807) is 11.3 Å². The van der Waals surface area contributed by atoms with Crippen molar-refractivity contribution in [3.05, 3.63) is 22.2 Å². The molecule has 1 N–H and O–H groups in total. The summed E-state index contributed by atoms with van der Waals surface area (Å²) in [6.45, 7) is 3.05. The predicted molar refractivity (Wildman–Crippen MR) is 85.9 cm³/mol. The lowest BCUT2D eigenvalue weighted by molar-refractivity contribution is 0.304. The summed E-state index contributed by atoms with van der Waals surface area (Å²) in [7, 11) is 0. The second-order valence-electron chi connectivity index (χ2n) is 4.79. The molecule has 0 aliphatic carbocycles. The van der Waals surface area contributed by atoms with Crippen molar-refractivity contribution in [1.29, 1.82) is 0 Å². The van der Waals surface area contributed by atoms with E-state index in [1.807, 2.05) is 12.1 Å². The van der Waals surface area contributed by atoms with Crippen LogP contribution in [0, 0.1) is 3.95 Å². The molecule has 4 heteroatoms. The van der Waals surface area contributed by atoms with Gasteiger partial charge in [-0.25, -0.2) is 0 Å². The van der Waals surface area contributed by atoms with Gasteiger partial charge in [-0.3, -0.25) is 0 Å². The summed E-state index contributed by atoms with van der Waals surface area (Å²) >= 11 is 6.74. The fourth-order valence-electron chi connectivity index (χ4n) is 2.09. The number of aromatic nitrogens is 1. The topological polar surface area (TPSA) is 25.0 Å². The van der Waals surface area contributed by atoms with Crippen LogP contribution in [0.3, 0.4) is 0 Å². The molecule has 2 nitrogen and oxygen atoms in total. The quantitative estimate of drug-likeness (QED) is 0.499. The standard InChI is InChI=1S/C15H21NOS2/c1-2-3-4-5-6-7-10-17-12-8-9-14-13(11-12)16-15(18)19-14/h8-9,11H,2-7,10H2,1H3,(H,16,18).